The zero-order valence-electron chi connectivity index (χ0n) is 11.2. The van der Waals surface area contributed by atoms with E-state index in [0.29, 0.717) is 11.3 Å². The number of hydrogen-bond donors (Lipinski definition) is 0. The molecule has 0 spiro atoms. The molecular formula is C18H14O2. The summed E-state index contributed by atoms with van der Waals surface area (Å²) < 4.78 is 5.30. The summed E-state index contributed by atoms with van der Waals surface area (Å²) in [5.74, 6) is 0.332. The lowest BCUT2D eigenvalue weighted by Crippen LogP contribution is -1.92. The van der Waals surface area contributed by atoms with E-state index in [4.69, 9.17) is 4.74 Å². The Hall–Kier alpha value is -2.61. The second kappa shape index (κ2) is 5.17. The largest absolute Gasteiger partial charge is 0.422 e. The lowest BCUT2D eigenvalue weighted by Gasteiger charge is -2.00. The highest BCUT2D eigenvalue weighted by Crippen LogP contribution is 2.29. The second-order valence-electron chi connectivity index (χ2n) is 4.68. The predicted molar refractivity (Wildman–Crippen MR) is 79.9 cm³/mol. The van der Waals surface area contributed by atoms with Crippen LogP contribution < -0.4 is 0 Å². The van der Waals surface area contributed by atoms with Gasteiger partial charge in [-0.1, -0.05) is 54.6 Å². The van der Waals surface area contributed by atoms with Crippen LogP contribution in [0.5, 0.6) is 0 Å². The highest BCUT2D eigenvalue weighted by atomic mass is 16.5. The zero-order chi connectivity index (χ0) is 13.9. The van der Waals surface area contributed by atoms with Crippen LogP contribution in [0.4, 0.5) is 0 Å². The maximum Gasteiger partial charge on any atom is 0.344 e. The monoisotopic (exact) mass is 262 g/mol. The van der Waals surface area contributed by atoms with E-state index in [9.17, 15) is 4.79 Å². The Bertz CT molecular complexity index is 709. The Morgan fingerprint density at radius 2 is 1.60 bits per heavy atom. The van der Waals surface area contributed by atoms with Crippen LogP contribution in [0.15, 0.2) is 66.7 Å². The van der Waals surface area contributed by atoms with Crippen LogP contribution in [0.25, 0.3) is 11.3 Å². The van der Waals surface area contributed by atoms with Crippen molar-refractivity contribution in [2.75, 3.05) is 0 Å². The van der Waals surface area contributed by atoms with Crippen molar-refractivity contribution in [3.8, 4) is 0 Å². The molecule has 20 heavy (non-hydrogen) atoms. The molecule has 0 atom stereocenters. The summed E-state index contributed by atoms with van der Waals surface area (Å²) in [7, 11) is 0. The molecule has 0 N–H and O–H groups in total. The third kappa shape index (κ3) is 2.28. The maximum absolute atomic E-state index is 11.7. The minimum atomic E-state index is -0.280. The number of hydrogen-bond acceptors (Lipinski definition) is 2. The molecule has 0 fully saturated rings. The highest BCUT2D eigenvalue weighted by Gasteiger charge is 2.24. The molecule has 2 heteroatoms. The van der Waals surface area contributed by atoms with Crippen LogP contribution in [-0.4, -0.2) is 5.97 Å². The van der Waals surface area contributed by atoms with Gasteiger partial charge in [0.2, 0.25) is 0 Å². The zero-order valence-corrected chi connectivity index (χ0v) is 11.2. The van der Waals surface area contributed by atoms with Crippen molar-refractivity contribution < 1.29 is 9.53 Å². The van der Waals surface area contributed by atoms with E-state index in [1.165, 1.54) is 0 Å². The van der Waals surface area contributed by atoms with Gasteiger partial charge in [-0.05, 0) is 30.2 Å². The Kier molecular flexibility index (Phi) is 3.21. The number of esters is 1. The second-order valence-corrected chi connectivity index (χ2v) is 4.68. The number of benzene rings is 2. The van der Waals surface area contributed by atoms with Crippen LogP contribution in [0.3, 0.4) is 0 Å². The molecule has 0 bridgehead atoms. The first-order valence-electron chi connectivity index (χ1n) is 6.51. The molecule has 0 aromatic heterocycles. The van der Waals surface area contributed by atoms with Gasteiger partial charge < -0.3 is 4.74 Å². The van der Waals surface area contributed by atoms with Crippen molar-refractivity contribution in [2.24, 2.45) is 0 Å². The van der Waals surface area contributed by atoms with Crippen molar-refractivity contribution in [2.45, 2.75) is 6.92 Å². The van der Waals surface area contributed by atoms with Crippen LogP contribution in [0.1, 0.15) is 28.4 Å². The van der Waals surface area contributed by atoms with E-state index in [0.717, 1.165) is 16.7 Å². The van der Waals surface area contributed by atoms with Crippen molar-refractivity contribution in [1.29, 1.82) is 0 Å². The van der Waals surface area contributed by atoms with Gasteiger partial charge in [-0.3, -0.25) is 0 Å². The Balaban J connectivity index is 1.93. The van der Waals surface area contributed by atoms with E-state index in [1.807, 2.05) is 55.5 Å². The molecule has 3 rings (SSSR count). The number of fused-ring (bicyclic) bond motifs is 1. The predicted octanol–water partition coefficient (Wildman–Crippen LogP) is 4.30. The number of allylic oxidation sites excluding steroid dienone is 3. The molecule has 0 saturated carbocycles. The summed E-state index contributed by atoms with van der Waals surface area (Å²) in [6.45, 7) is 2.04. The molecule has 2 nitrogen and oxygen atoms in total. The number of ether oxygens (including phenoxy) is 1. The van der Waals surface area contributed by atoms with E-state index >= 15 is 0 Å². The first-order chi connectivity index (χ1) is 9.75. The molecule has 1 aliphatic rings. The van der Waals surface area contributed by atoms with Gasteiger partial charge in [0.1, 0.15) is 5.76 Å². The fourth-order valence-electron chi connectivity index (χ4n) is 2.21. The fraction of sp³-hybridized carbons (Fsp3) is 0.0556. The molecule has 0 amide bonds. The SMILES string of the molecule is C/C(=C\C=C1/OC(=O)c2ccccc21)c1ccccc1. The van der Waals surface area contributed by atoms with Gasteiger partial charge in [0.05, 0.1) is 5.56 Å². The molecule has 1 aliphatic heterocycles. The number of carbonyl (C=O) groups excluding carboxylic acids is 1. The standard InChI is InChI=1S/C18H14O2/c1-13(14-7-3-2-4-8-14)11-12-17-15-9-5-6-10-16(15)18(19)20-17/h2-12H,1H3/b13-11+,17-12-. The summed E-state index contributed by atoms with van der Waals surface area (Å²) >= 11 is 0. The smallest absolute Gasteiger partial charge is 0.344 e. The molecule has 0 unspecified atom stereocenters. The Morgan fingerprint density at radius 3 is 2.35 bits per heavy atom. The van der Waals surface area contributed by atoms with Gasteiger partial charge in [0.15, 0.2) is 0 Å². The minimum Gasteiger partial charge on any atom is -0.422 e. The van der Waals surface area contributed by atoms with Gasteiger partial charge in [0, 0.05) is 5.56 Å². The van der Waals surface area contributed by atoms with Crippen molar-refractivity contribution >= 4 is 17.3 Å². The summed E-state index contributed by atoms with van der Waals surface area (Å²) in [5.41, 5.74) is 3.76. The summed E-state index contributed by atoms with van der Waals surface area (Å²) in [6.07, 6.45) is 3.83. The quantitative estimate of drug-likeness (QED) is 0.754. The van der Waals surface area contributed by atoms with Crippen LogP contribution >= 0.6 is 0 Å². The summed E-state index contributed by atoms with van der Waals surface area (Å²) in [5, 5.41) is 0. The molecule has 0 radical (unpaired) electrons. The van der Waals surface area contributed by atoms with Crippen LogP contribution in [-0.2, 0) is 4.74 Å². The first kappa shape index (κ1) is 12.4. The molecule has 0 aliphatic carbocycles. The normalized spacial score (nSPS) is 16.1. The van der Waals surface area contributed by atoms with E-state index in [1.54, 1.807) is 6.07 Å². The van der Waals surface area contributed by atoms with Crippen LogP contribution in [0, 0.1) is 0 Å². The van der Waals surface area contributed by atoms with E-state index < -0.39 is 0 Å². The third-order valence-electron chi connectivity index (χ3n) is 3.33. The van der Waals surface area contributed by atoms with E-state index in [2.05, 4.69) is 12.1 Å². The first-order valence-corrected chi connectivity index (χ1v) is 6.51. The van der Waals surface area contributed by atoms with Gasteiger partial charge in [-0.25, -0.2) is 4.79 Å². The Morgan fingerprint density at radius 1 is 0.950 bits per heavy atom. The lowest BCUT2D eigenvalue weighted by molar-refractivity contribution is 0.0716. The van der Waals surface area contributed by atoms with Crippen molar-refractivity contribution in [1.82, 2.24) is 0 Å². The number of cyclic esters (lactones) is 1. The average molecular weight is 262 g/mol. The molecule has 98 valence electrons. The van der Waals surface area contributed by atoms with Gasteiger partial charge >= 0.3 is 5.97 Å². The van der Waals surface area contributed by atoms with Gasteiger partial charge in [-0.15, -0.1) is 0 Å². The lowest BCUT2D eigenvalue weighted by atomic mass is 10.1. The fourth-order valence-corrected chi connectivity index (χ4v) is 2.21. The number of rotatable bonds is 2. The number of carbonyl (C=O) groups is 1. The average Bonchev–Trinajstić information content (AvgIpc) is 2.83. The van der Waals surface area contributed by atoms with Gasteiger partial charge in [-0.2, -0.15) is 0 Å². The topological polar surface area (TPSA) is 26.3 Å². The molecule has 0 saturated heterocycles. The van der Waals surface area contributed by atoms with Gasteiger partial charge in [0.25, 0.3) is 0 Å². The van der Waals surface area contributed by atoms with E-state index in [-0.39, 0.29) is 5.97 Å². The molecule has 1 heterocycles. The minimum absolute atomic E-state index is 0.280. The van der Waals surface area contributed by atoms with Crippen LogP contribution in [0.2, 0.25) is 0 Å². The maximum atomic E-state index is 11.7. The van der Waals surface area contributed by atoms with Crippen molar-refractivity contribution in [3.63, 3.8) is 0 Å². The molecular weight excluding hydrogens is 248 g/mol. The summed E-state index contributed by atoms with van der Waals surface area (Å²) in [4.78, 5) is 11.7. The third-order valence-corrected chi connectivity index (χ3v) is 3.33. The van der Waals surface area contributed by atoms with Crippen molar-refractivity contribution in [3.05, 3.63) is 83.4 Å². The highest BCUT2D eigenvalue weighted by molar-refractivity contribution is 6.03. The molecule has 2 aromatic carbocycles. The molecule has 2 aromatic rings. The Labute approximate surface area is 118 Å². The summed E-state index contributed by atoms with van der Waals surface area (Å²) in [6, 6.07) is 17.5.